The van der Waals surface area contributed by atoms with Gasteiger partial charge in [0.1, 0.15) is 11.5 Å². The number of aromatic nitrogens is 2. The SMILES string of the molecule is Cc1ccc(CNC(=O)[C@H]2CCCN(c3nc4ccccc4n(Cc4ccccc4)c3=O)C2)o1. The van der Waals surface area contributed by atoms with Crippen LogP contribution in [0.3, 0.4) is 0 Å². The number of hydrogen-bond acceptors (Lipinski definition) is 5. The molecule has 1 saturated heterocycles. The molecular weight excluding hydrogens is 428 g/mol. The Morgan fingerprint density at radius 2 is 1.88 bits per heavy atom. The van der Waals surface area contributed by atoms with Crippen molar-refractivity contribution in [2.75, 3.05) is 18.0 Å². The van der Waals surface area contributed by atoms with Crippen molar-refractivity contribution in [2.24, 2.45) is 5.92 Å². The van der Waals surface area contributed by atoms with Gasteiger partial charge in [0.25, 0.3) is 5.56 Å². The maximum absolute atomic E-state index is 13.6. The molecule has 0 bridgehead atoms. The predicted octanol–water partition coefficient (Wildman–Crippen LogP) is 3.88. The predicted molar refractivity (Wildman–Crippen MR) is 132 cm³/mol. The van der Waals surface area contributed by atoms with Crippen molar-refractivity contribution in [1.29, 1.82) is 0 Å². The first-order chi connectivity index (χ1) is 16.6. The van der Waals surface area contributed by atoms with Crippen LogP contribution in [0.2, 0.25) is 0 Å². The van der Waals surface area contributed by atoms with Crippen molar-refractivity contribution in [3.8, 4) is 0 Å². The standard InChI is InChI=1S/C27H28N4O3/c1-19-13-14-22(34-19)16-28-26(32)21-10-7-15-30(18-21)25-27(33)31(17-20-8-3-2-4-9-20)24-12-6-5-11-23(24)29-25/h2-6,8-9,11-14,21H,7,10,15-18H2,1H3,(H,28,32)/t21-/m0/s1. The lowest BCUT2D eigenvalue weighted by atomic mass is 9.97. The summed E-state index contributed by atoms with van der Waals surface area (Å²) in [6.45, 7) is 3.88. The zero-order chi connectivity index (χ0) is 23.5. The average Bonchev–Trinajstić information content (AvgIpc) is 3.30. The normalized spacial score (nSPS) is 16.0. The number of nitrogens with one attached hydrogen (secondary N) is 1. The van der Waals surface area contributed by atoms with Crippen molar-refractivity contribution in [2.45, 2.75) is 32.9 Å². The van der Waals surface area contributed by atoms with Crippen LogP contribution in [0.15, 0.2) is 75.9 Å². The van der Waals surface area contributed by atoms with Gasteiger partial charge in [0.2, 0.25) is 5.91 Å². The first-order valence-corrected chi connectivity index (χ1v) is 11.7. The number of aryl methyl sites for hydroxylation is 1. The van der Waals surface area contributed by atoms with Gasteiger partial charge in [-0.15, -0.1) is 0 Å². The molecule has 1 amide bonds. The van der Waals surface area contributed by atoms with Crippen LogP contribution in [0.5, 0.6) is 0 Å². The lowest BCUT2D eigenvalue weighted by Gasteiger charge is -2.32. The van der Waals surface area contributed by atoms with Gasteiger partial charge < -0.3 is 14.6 Å². The van der Waals surface area contributed by atoms with Gasteiger partial charge in [-0.25, -0.2) is 4.98 Å². The number of amides is 1. The molecule has 34 heavy (non-hydrogen) atoms. The number of para-hydroxylation sites is 2. The molecule has 4 aromatic rings. The number of furan rings is 1. The Balaban J connectivity index is 1.40. The molecular formula is C27H28N4O3. The Morgan fingerprint density at radius 1 is 1.09 bits per heavy atom. The largest absolute Gasteiger partial charge is 0.465 e. The fourth-order valence-corrected chi connectivity index (χ4v) is 4.59. The lowest BCUT2D eigenvalue weighted by molar-refractivity contribution is -0.125. The summed E-state index contributed by atoms with van der Waals surface area (Å²) in [5, 5.41) is 2.98. The quantitative estimate of drug-likeness (QED) is 0.476. The third-order valence-electron chi connectivity index (χ3n) is 6.34. The van der Waals surface area contributed by atoms with E-state index < -0.39 is 0 Å². The molecule has 0 unspecified atom stereocenters. The molecule has 1 aliphatic rings. The van der Waals surface area contributed by atoms with Crippen molar-refractivity contribution in [1.82, 2.24) is 14.9 Å². The topological polar surface area (TPSA) is 80.4 Å². The van der Waals surface area contributed by atoms with Crippen LogP contribution >= 0.6 is 0 Å². The molecule has 2 aromatic carbocycles. The van der Waals surface area contributed by atoms with Gasteiger partial charge >= 0.3 is 0 Å². The number of piperidine rings is 1. The molecule has 3 heterocycles. The second-order valence-electron chi connectivity index (χ2n) is 8.82. The molecule has 0 aliphatic carbocycles. The van der Waals surface area contributed by atoms with E-state index in [0.29, 0.717) is 32.0 Å². The van der Waals surface area contributed by atoms with E-state index in [0.717, 1.165) is 41.0 Å². The molecule has 0 saturated carbocycles. The third kappa shape index (κ3) is 4.59. The van der Waals surface area contributed by atoms with Crippen LogP contribution in [0, 0.1) is 12.8 Å². The van der Waals surface area contributed by atoms with E-state index in [2.05, 4.69) is 5.32 Å². The summed E-state index contributed by atoms with van der Waals surface area (Å²) in [7, 11) is 0. The molecule has 5 rings (SSSR count). The van der Waals surface area contributed by atoms with Crippen LogP contribution < -0.4 is 15.8 Å². The zero-order valence-corrected chi connectivity index (χ0v) is 19.2. The van der Waals surface area contributed by atoms with E-state index in [-0.39, 0.29) is 17.4 Å². The van der Waals surface area contributed by atoms with E-state index in [4.69, 9.17) is 9.40 Å². The first-order valence-electron chi connectivity index (χ1n) is 11.7. The van der Waals surface area contributed by atoms with Crippen LogP contribution in [0.1, 0.15) is 29.9 Å². The Hall–Kier alpha value is -3.87. The summed E-state index contributed by atoms with van der Waals surface area (Å²) in [4.78, 5) is 33.2. The third-order valence-corrected chi connectivity index (χ3v) is 6.34. The van der Waals surface area contributed by atoms with Gasteiger partial charge in [0.05, 0.1) is 30.0 Å². The van der Waals surface area contributed by atoms with Gasteiger partial charge in [-0.1, -0.05) is 42.5 Å². The number of hydrogen-bond donors (Lipinski definition) is 1. The maximum atomic E-state index is 13.6. The van der Waals surface area contributed by atoms with Crippen molar-refractivity contribution in [3.63, 3.8) is 0 Å². The van der Waals surface area contributed by atoms with Gasteiger partial charge in [-0.3, -0.25) is 14.2 Å². The molecule has 7 nitrogen and oxygen atoms in total. The van der Waals surface area contributed by atoms with Gasteiger partial charge in [-0.05, 0) is 49.6 Å². The summed E-state index contributed by atoms with van der Waals surface area (Å²) in [5.74, 6) is 1.73. The number of carbonyl (C=O) groups excluding carboxylic acids is 1. The monoisotopic (exact) mass is 456 g/mol. The first kappa shape index (κ1) is 21.9. The summed E-state index contributed by atoms with van der Waals surface area (Å²) in [5.41, 5.74) is 2.50. The van der Waals surface area contributed by atoms with Crippen LogP contribution in [0.25, 0.3) is 11.0 Å². The van der Waals surface area contributed by atoms with E-state index >= 15 is 0 Å². The molecule has 0 radical (unpaired) electrons. The highest BCUT2D eigenvalue weighted by Crippen LogP contribution is 2.22. The van der Waals surface area contributed by atoms with Crippen molar-refractivity contribution >= 4 is 22.8 Å². The number of anilines is 1. The zero-order valence-electron chi connectivity index (χ0n) is 19.2. The second kappa shape index (κ2) is 9.55. The van der Waals surface area contributed by atoms with Crippen molar-refractivity contribution < 1.29 is 9.21 Å². The molecule has 7 heteroatoms. The maximum Gasteiger partial charge on any atom is 0.294 e. The minimum absolute atomic E-state index is 0.0239. The van der Waals surface area contributed by atoms with Crippen LogP contribution in [-0.2, 0) is 17.9 Å². The molecule has 1 fully saturated rings. The number of carbonyl (C=O) groups is 1. The molecule has 1 N–H and O–H groups in total. The minimum Gasteiger partial charge on any atom is -0.465 e. The van der Waals surface area contributed by atoms with Gasteiger partial charge in [0, 0.05) is 13.1 Å². The van der Waals surface area contributed by atoms with Gasteiger partial charge in [-0.2, -0.15) is 0 Å². The Kier molecular flexibility index (Phi) is 6.16. The highest BCUT2D eigenvalue weighted by Gasteiger charge is 2.28. The molecule has 174 valence electrons. The Morgan fingerprint density at radius 3 is 2.68 bits per heavy atom. The highest BCUT2D eigenvalue weighted by molar-refractivity contribution is 5.80. The smallest absolute Gasteiger partial charge is 0.294 e. The molecule has 1 atom stereocenters. The van der Waals surface area contributed by atoms with Crippen molar-refractivity contribution in [3.05, 3.63) is 94.2 Å². The Labute approximate surface area is 198 Å². The van der Waals surface area contributed by atoms with Gasteiger partial charge in [0.15, 0.2) is 5.82 Å². The number of benzene rings is 2. The van der Waals surface area contributed by atoms with E-state index in [1.54, 1.807) is 4.57 Å². The van der Waals surface area contributed by atoms with E-state index in [9.17, 15) is 9.59 Å². The summed E-state index contributed by atoms with van der Waals surface area (Å²) < 4.78 is 7.34. The van der Waals surface area contributed by atoms with E-state index in [1.807, 2.05) is 78.6 Å². The lowest BCUT2D eigenvalue weighted by Crippen LogP contribution is -2.45. The minimum atomic E-state index is -0.208. The molecule has 2 aromatic heterocycles. The summed E-state index contributed by atoms with van der Waals surface area (Å²) in [6.07, 6.45) is 1.61. The van der Waals surface area contributed by atoms with Crippen LogP contribution in [0.4, 0.5) is 5.82 Å². The number of nitrogens with zero attached hydrogens (tertiary/aromatic N) is 3. The average molecular weight is 457 g/mol. The summed E-state index contributed by atoms with van der Waals surface area (Å²) in [6, 6.07) is 21.4. The number of rotatable bonds is 6. The summed E-state index contributed by atoms with van der Waals surface area (Å²) >= 11 is 0. The molecule has 0 spiro atoms. The second-order valence-corrected chi connectivity index (χ2v) is 8.82. The van der Waals surface area contributed by atoms with Crippen LogP contribution in [-0.4, -0.2) is 28.5 Å². The highest BCUT2D eigenvalue weighted by atomic mass is 16.3. The fourth-order valence-electron chi connectivity index (χ4n) is 4.59. The Bertz CT molecular complexity index is 1360. The van der Waals surface area contributed by atoms with E-state index in [1.165, 1.54) is 0 Å². The molecule has 1 aliphatic heterocycles. The number of fused-ring (bicyclic) bond motifs is 1. The fraction of sp³-hybridized carbons (Fsp3) is 0.296.